The van der Waals surface area contributed by atoms with Crippen molar-refractivity contribution in [1.82, 2.24) is 25.6 Å². The molecule has 0 fully saturated rings. The van der Waals surface area contributed by atoms with Crippen LogP contribution >= 0.6 is 24.8 Å². The number of rotatable bonds is 4. The van der Waals surface area contributed by atoms with Crippen LogP contribution in [0, 0.1) is 0 Å². The Kier molecular flexibility index (Phi) is 6.59. The van der Waals surface area contributed by atoms with Crippen LogP contribution in [-0.4, -0.2) is 58.0 Å². The highest BCUT2D eigenvalue weighted by Crippen LogP contribution is 2.29. The molecule has 0 radical (unpaired) electrons. The maximum atomic E-state index is 10.3. The molecule has 0 saturated heterocycles. The minimum absolute atomic E-state index is 0. The fraction of sp³-hybridized carbons (Fsp3) is 0.200. The summed E-state index contributed by atoms with van der Waals surface area (Å²) < 4.78 is 1.69. The Bertz CT molecular complexity index is 1090. The smallest absolute Gasteiger partial charge is 0.128 e. The number of aromatic nitrogens is 3. The normalized spacial score (nSPS) is 14.7. The van der Waals surface area contributed by atoms with Gasteiger partial charge in [0.1, 0.15) is 23.1 Å². The summed E-state index contributed by atoms with van der Waals surface area (Å²) in [7, 11) is 0. The number of benzene rings is 2. The number of aliphatic imine (C=N–C) groups is 2. The molecule has 2 aromatic carbocycles. The zero-order chi connectivity index (χ0) is 18.9. The fourth-order valence-electron chi connectivity index (χ4n) is 3.36. The van der Waals surface area contributed by atoms with Crippen molar-refractivity contribution >= 4 is 36.5 Å². The molecule has 0 bridgehead atoms. The lowest BCUT2D eigenvalue weighted by atomic mass is 10.1. The summed E-state index contributed by atoms with van der Waals surface area (Å²) in [4.78, 5) is 8.86. The van der Waals surface area contributed by atoms with Crippen molar-refractivity contribution in [2.75, 3.05) is 26.2 Å². The van der Waals surface area contributed by atoms with Gasteiger partial charge in [-0.2, -0.15) is 0 Å². The van der Waals surface area contributed by atoms with E-state index in [9.17, 15) is 5.11 Å². The highest BCUT2D eigenvalue weighted by Gasteiger charge is 2.15. The number of hydrogen-bond donors (Lipinski definition) is 3. The van der Waals surface area contributed by atoms with Crippen molar-refractivity contribution in [3.05, 3.63) is 59.8 Å². The van der Waals surface area contributed by atoms with E-state index in [0.29, 0.717) is 11.3 Å². The minimum atomic E-state index is 0. The molecule has 0 unspecified atom stereocenters. The molecule has 3 aromatic rings. The average Bonchev–Trinajstić information content (AvgIpc) is 3.51. The first-order valence-corrected chi connectivity index (χ1v) is 9.21. The predicted octanol–water partition coefficient (Wildman–Crippen LogP) is 2.18. The number of hydrogen-bond acceptors (Lipinski definition) is 7. The molecule has 2 aliphatic rings. The third-order valence-corrected chi connectivity index (χ3v) is 4.79. The molecule has 8 nitrogen and oxygen atoms in total. The van der Waals surface area contributed by atoms with Gasteiger partial charge in [-0.1, -0.05) is 5.21 Å². The molecular formula is C20H21Cl2N7O. The Balaban J connectivity index is 0.00000128. The summed E-state index contributed by atoms with van der Waals surface area (Å²) in [5, 5.41) is 25.3. The minimum Gasteiger partial charge on any atom is -0.507 e. The van der Waals surface area contributed by atoms with E-state index in [1.807, 2.05) is 42.6 Å². The van der Waals surface area contributed by atoms with Gasteiger partial charge < -0.3 is 15.7 Å². The van der Waals surface area contributed by atoms with E-state index in [-0.39, 0.29) is 30.6 Å². The molecule has 0 aliphatic carbocycles. The molecular weight excluding hydrogens is 425 g/mol. The summed E-state index contributed by atoms with van der Waals surface area (Å²) in [5.74, 6) is 1.93. The van der Waals surface area contributed by atoms with Gasteiger partial charge in [-0.3, -0.25) is 9.98 Å². The van der Waals surface area contributed by atoms with Gasteiger partial charge >= 0.3 is 0 Å². The summed E-state index contributed by atoms with van der Waals surface area (Å²) in [6.07, 6.45) is 1.81. The summed E-state index contributed by atoms with van der Waals surface area (Å²) in [6, 6.07) is 13.4. The molecule has 0 saturated carbocycles. The second-order valence-corrected chi connectivity index (χ2v) is 6.64. The van der Waals surface area contributed by atoms with Crippen LogP contribution in [0.4, 0.5) is 0 Å². The van der Waals surface area contributed by atoms with E-state index in [2.05, 4.69) is 30.9 Å². The van der Waals surface area contributed by atoms with Crippen molar-refractivity contribution in [3.63, 3.8) is 0 Å². The molecule has 5 rings (SSSR count). The van der Waals surface area contributed by atoms with Crippen LogP contribution in [0.2, 0.25) is 0 Å². The lowest BCUT2D eigenvalue weighted by Crippen LogP contribution is -2.19. The van der Waals surface area contributed by atoms with Crippen molar-refractivity contribution in [2.24, 2.45) is 9.98 Å². The van der Waals surface area contributed by atoms with E-state index in [1.54, 1.807) is 10.7 Å². The molecule has 30 heavy (non-hydrogen) atoms. The van der Waals surface area contributed by atoms with Crippen molar-refractivity contribution in [2.45, 2.75) is 0 Å². The Morgan fingerprint density at radius 1 is 0.833 bits per heavy atom. The number of aromatic hydroxyl groups is 1. The summed E-state index contributed by atoms with van der Waals surface area (Å²) in [6.45, 7) is 3.29. The molecule has 10 heteroatoms. The Hall–Kier alpha value is -3.10. The average molecular weight is 446 g/mol. The topological polar surface area (TPSA) is 99.7 Å². The summed E-state index contributed by atoms with van der Waals surface area (Å²) >= 11 is 0. The third kappa shape index (κ3) is 4.10. The lowest BCUT2D eigenvalue weighted by molar-refractivity contribution is 0.477. The van der Waals surface area contributed by atoms with E-state index >= 15 is 0 Å². The molecule has 1 aromatic heterocycles. The first kappa shape index (κ1) is 21.6. The first-order valence-electron chi connectivity index (χ1n) is 9.21. The highest BCUT2D eigenvalue weighted by atomic mass is 35.5. The molecule has 0 amide bonds. The number of nitrogens with zero attached hydrogens (tertiary/aromatic N) is 5. The lowest BCUT2D eigenvalue weighted by Gasteiger charge is -2.06. The maximum absolute atomic E-state index is 10.3. The van der Waals surface area contributed by atoms with E-state index < -0.39 is 0 Å². The fourth-order valence-corrected chi connectivity index (χ4v) is 3.36. The van der Waals surface area contributed by atoms with Gasteiger partial charge in [0.25, 0.3) is 0 Å². The van der Waals surface area contributed by atoms with Gasteiger partial charge in [0.05, 0.1) is 25.0 Å². The second kappa shape index (κ2) is 9.15. The van der Waals surface area contributed by atoms with Gasteiger partial charge in [0.2, 0.25) is 0 Å². The predicted molar refractivity (Wildman–Crippen MR) is 122 cm³/mol. The largest absolute Gasteiger partial charge is 0.507 e. The first-order chi connectivity index (χ1) is 13.8. The van der Waals surface area contributed by atoms with Crippen LogP contribution in [0.15, 0.2) is 58.6 Å². The second-order valence-electron chi connectivity index (χ2n) is 6.64. The van der Waals surface area contributed by atoms with Gasteiger partial charge in [0, 0.05) is 29.8 Å². The van der Waals surface area contributed by atoms with E-state index in [1.165, 1.54) is 0 Å². The molecule has 3 heterocycles. The van der Waals surface area contributed by atoms with Gasteiger partial charge in [-0.15, -0.1) is 29.9 Å². The molecule has 0 spiro atoms. The number of nitrogens with one attached hydrogen (secondary N) is 2. The molecule has 0 atom stereocenters. The number of amidine groups is 2. The van der Waals surface area contributed by atoms with Crippen molar-refractivity contribution < 1.29 is 5.11 Å². The van der Waals surface area contributed by atoms with Gasteiger partial charge in [0.15, 0.2) is 0 Å². The Morgan fingerprint density at radius 2 is 1.47 bits per heavy atom. The van der Waals surface area contributed by atoms with Gasteiger partial charge in [-0.25, -0.2) is 4.68 Å². The van der Waals surface area contributed by atoms with Crippen LogP contribution < -0.4 is 10.6 Å². The van der Waals surface area contributed by atoms with Crippen molar-refractivity contribution in [3.8, 4) is 22.7 Å². The number of phenols is 1. The molecule has 156 valence electrons. The standard InChI is InChI=1S/C20H19N7O.2ClH/c28-18-6-3-14(20-23-9-10-24-20)11-16(18)17-12-27(26-25-17)15-4-1-13(2-5-15)19-21-7-8-22-19;;/h1-6,11-12,28H,7-10H2,(H,21,22)(H,23,24);2*1H. The van der Waals surface area contributed by atoms with Crippen LogP contribution in [0.3, 0.4) is 0 Å². The Labute approximate surface area is 186 Å². The molecule has 3 N–H and O–H groups in total. The monoisotopic (exact) mass is 445 g/mol. The molecule has 2 aliphatic heterocycles. The van der Waals surface area contributed by atoms with Crippen LogP contribution in [0.25, 0.3) is 16.9 Å². The Morgan fingerprint density at radius 3 is 2.10 bits per heavy atom. The van der Waals surface area contributed by atoms with Crippen LogP contribution in [0.5, 0.6) is 5.75 Å². The SMILES string of the molecule is Cl.Cl.Oc1ccc(C2=NCCN2)cc1-c1cn(-c2ccc(C3=NCCN3)cc2)nn1. The van der Waals surface area contributed by atoms with E-state index in [4.69, 9.17) is 0 Å². The van der Waals surface area contributed by atoms with Crippen LogP contribution in [-0.2, 0) is 0 Å². The van der Waals surface area contributed by atoms with Crippen LogP contribution in [0.1, 0.15) is 11.1 Å². The van der Waals surface area contributed by atoms with Gasteiger partial charge in [-0.05, 0) is 42.5 Å². The zero-order valence-electron chi connectivity index (χ0n) is 15.9. The zero-order valence-corrected chi connectivity index (χ0v) is 17.6. The maximum Gasteiger partial charge on any atom is 0.128 e. The van der Waals surface area contributed by atoms with Crippen molar-refractivity contribution in [1.29, 1.82) is 0 Å². The quantitative estimate of drug-likeness (QED) is 0.571. The third-order valence-electron chi connectivity index (χ3n) is 4.79. The summed E-state index contributed by atoms with van der Waals surface area (Å²) in [5.41, 5.74) is 4.09. The van der Waals surface area contributed by atoms with E-state index in [0.717, 1.165) is 54.7 Å². The highest BCUT2D eigenvalue weighted by molar-refractivity contribution is 6.01. The number of phenolic OH excluding ortho intramolecular Hbond substituents is 1. The number of halogens is 2.